The Morgan fingerprint density at radius 2 is 1.36 bits per heavy atom. The van der Waals surface area contributed by atoms with Crippen LogP contribution in [0.15, 0.2) is 145 Å². The Morgan fingerprint density at radius 3 is 2.15 bits per heavy atom. The summed E-state index contributed by atoms with van der Waals surface area (Å²) in [6.07, 6.45) is 18.4. The predicted molar refractivity (Wildman–Crippen MR) is 239 cm³/mol. The highest BCUT2D eigenvalue weighted by atomic mass is 35.5. The highest BCUT2D eigenvalue weighted by Gasteiger charge is 2.42. The van der Waals surface area contributed by atoms with Gasteiger partial charge in [0.05, 0.1) is 17.6 Å². The number of hydrogen-bond acceptors (Lipinski definition) is 3. The number of fused-ring (bicyclic) bond motifs is 4. The molecule has 0 spiro atoms. The first kappa shape index (κ1) is 42.7. The normalized spacial score (nSPS) is 16.6. The van der Waals surface area contributed by atoms with Crippen molar-refractivity contribution in [1.29, 1.82) is 0 Å². The molecule has 0 aliphatic carbocycles. The summed E-state index contributed by atoms with van der Waals surface area (Å²) in [6, 6.07) is 33.1. The van der Waals surface area contributed by atoms with Gasteiger partial charge in [-0.05, 0) is 68.2 Å². The molecule has 7 rings (SSSR count). The fraction of sp³-hybridized carbons (Fsp3) is 0.288. The molecule has 6 nitrogen and oxygen atoms in total. The van der Waals surface area contributed by atoms with E-state index in [1.165, 1.54) is 33.9 Å². The van der Waals surface area contributed by atoms with Crippen molar-refractivity contribution in [2.75, 3.05) is 29.9 Å². The molecular weight excluding hydrogens is 748 g/mol. The Hall–Kier alpha value is -5.90. The van der Waals surface area contributed by atoms with Crippen molar-refractivity contribution in [3.63, 3.8) is 0 Å². The van der Waals surface area contributed by atoms with E-state index in [1.54, 1.807) is 4.90 Å². The molecule has 0 saturated carbocycles. The van der Waals surface area contributed by atoms with Crippen molar-refractivity contribution in [3.05, 3.63) is 173 Å². The van der Waals surface area contributed by atoms with Crippen LogP contribution >= 0.6 is 0 Å². The second-order valence-electron chi connectivity index (χ2n) is 16.4. The van der Waals surface area contributed by atoms with Crippen LogP contribution in [-0.2, 0) is 27.0 Å². The summed E-state index contributed by atoms with van der Waals surface area (Å²) in [6.45, 7) is 10.8. The lowest BCUT2D eigenvalue weighted by Crippen LogP contribution is -3.00. The minimum atomic E-state index is -0.127. The van der Waals surface area contributed by atoms with Crippen molar-refractivity contribution in [3.8, 4) is 11.8 Å². The lowest BCUT2D eigenvalue weighted by Gasteiger charge is -2.27. The monoisotopic (exact) mass is 802 g/mol. The van der Waals surface area contributed by atoms with Crippen LogP contribution in [0.2, 0.25) is 0 Å². The smallest absolute Gasteiger partial charge is 0.229 e. The molecule has 59 heavy (non-hydrogen) atoms. The number of carbonyl (C=O) groups is 2. The van der Waals surface area contributed by atoms with E-state index in [9.17, 15) is 9.59 Å². The van der Waals surface area contributed by atoms with Crippen LogP contribution in [0.5, 0.6) is 0 Å². The van der Waals surface area contributed by atoms with Crippen LogP contribution in [0, 0.1) is 11.8 Å². The Morgan fingerprint density at radius 1 is 0.712 bits per heavy atom. The van der Waals surface area contributed by atoms with Crippen molar-refractivity contribution >= 4 is 34.6 Å². The van der Waals surface area contributed by atoms with Gasteiger partial charge >= 0.3 is 0 Å². The van der Waals surface area contributed by atoms with Crippen LogP contribution in [0.25, 0.3) is 0 Å². The van der Waals surface area contributed by atoms with Crippen molar-refractivity contribution in [1.82, 2.24) is 5.32 Å². The maximum atomic E-state index is 13.5. The summed E-state index contributed by atoms with van der Waals surface area (Å²) in [5.41, 5.74) is 11.2. The average molecular weight is 803 g/mol. The summed E-state index contributed by atoms with van der Waals surface area (Å²) in [5.74, 6) is 6.46. The standard InChI is InChI=1S/C52H54N4O2.ClH/c1-51(2)42-25-16-19-28-45(42)54(5)47(51)30-10-7-6-8-11-31-48-52(3,4)43-26-17-20-29-46(43)55(48)37-21-9-12-32-49(57)53-36-35-50(58)56-38-41-24-14-13-22-39(41)33-34-40-23-15-18-27-44(40)56;/h6-8,10-11,13-20,22-31H,9,12,21,32,35-38H2,1-5H3;1H. The topological polar surface area (TPSA) is 55.7 Å². The van der Waals surface area contributed by atoms with Crippen LogP contribution in [0.1, 0.15) is 87.6 Å². The first-order chi connectivity index (χ1) is 28.1. The van der Waals surface area contributed by atoms with E-state index in [2.05, 4.69) is 152 Å². The largest absolute Gasteiger partial charge is 1.00 e. The Labute approximate surface area is 357 Å². The van der Waals surface area contributed by atoms with Crippen molar-refractivity contribution < 1.29 is 26.6 Å². The summed E-state index contributed by atoms with van der Waals surface area (Å²) < 4.78 is 2.29. The van der Waals surface area contributed by atoms with Gasteiger partial charge in [0.1, 0.15) is 7.05 Å². The minimum absolute atomic E-state index is 0. The maximum Gasteiger partial charge on any atom is 0.229 e. The molecular formula is C52H55ClN4O2. The molecule has 0 radical (unpaired) electrons. The van der Waals surface area contributed by atoms with Crippen LogP contribution in [0.4, 0.5) is 17.1 Å². The zero-order chi connectivity index (χ0) is 40.7. The van der Waals surface area contributed by atoms with Gasteiger partial charge in [-0.25, -0.2) is 0 Å². The number of nitrogens with zero attached hydrogens (tertiary/aromatic N) is 3. The Balaban J connectivity index is 0.00000585. The highest BCUT2D eigenvalue weighted by Crippen LogP contribution is 2.47. The Bertz CT molecular complexity index is 2420. The van der Waals surface area contributed by atoms with Gasteiger partial charge in [0.2, 0.25) is 17.5 Å². The first-order valence-corrected chi connectivity index (χ1v) is 20.6. The van der Waals surface area contributed by atoms with Gasteiger partial charge in [-0.1, -0.05) is 129 Å². The number of amides is 2. The van der Waals surface area contributed by atoms with E-state index in [0.717, 1.165) is 48.2 Å². The third-order valence-electron chi connectivity index (χ3n) is 11.8. The molecule has 0 saturated heterocycles. The van der Waals surface area contributed by atoms with E-state index in [1.807, 2.05) is 48.5 Å². The number of halogens is 1. The number of allylic oxidation sites excluding steroid dienone is 8. The lowest BCUT2D eigenvalue weighted by molar-refractivity contribution is -0.401. The van der Waals surface area contributed by atoms with Gasteiger partial charge < -0.3 is 27.5 Å². The number of rotatable bonds is 13. The van der Waals surface area contributed by atoms with E-state index < -0.39 is 0 Å². The maximum absolute atomic E-state index is 13.5. The molecule has 0 bridgehead atoms. The molecule has 0 atom stereocenters. The summed E-state index contributed by atoms with van der Waals surface area (Å²) >= 11 is 0. The average Bonchev–Trinajstić information content (AvgIpc) is 3.55. The molecule has 3 aliphatic rings. The van der Waals surface area contributed by atoms with Gasteiger partial charge in [-0.15, -0.1) is 0 Å². The highest BCUT2D eigenvalue weighted by molar-refractivity contribution is 6.03. The number of benzene rings is 4. The minimum Gasteiger partial charge on any atom is -1.00 e. The molecule has 7 heteroatoms. The van der Waals surface area contributed by atoms with E-state index in [-0.39, 0.29) is 41.5 Å². The van der Waals surface area contributed by atoms with Crippen molar-refractivity contribution in [2.24, 2.45) is 0 Å². The summed E-state index contributed by atoms with van der Waals surface area (Å²) in [5, 5.41) is 3.00. The molecule has 3 aliphatic heterocycles. The molecule has 4 aromatic rings. The van der Waals surface area contributed by atoms with Crippen LogP contribution in [-0.4, -0.2) is 42.2 Å². The first-order valence-electron chi connectivity index (χ1n) is 20.6. The van der Waals surface area contributed by atoms with Gasteiger partial charge in [0.25, 0.3) is 0 Å². The van der Waals surface area contributed by atoms with Gasteiger partial charge in [-0.3, -0.25) is 9.59 Å². The number of hydrogen-bond donors (Lipinski definition) is 1. The lowest BCUT2D eigenvalue weighted by atomic mass is 9.81. The van der Waals surface area contributed by atoms with Crippen molar-refractivity contribution in [2.45, 2.75) is 77.2 Å². The van der Waals surface area contributed by atoms with Gasteiger partial charge in [0.15, 0.2) is 5.71 Å². The fourth-order valence-corrected chi connectivity index (χ4v) is 8.64. The molecule has 1 N–H and O–H groups in total. The molecule has 0 fully saturated rings. The number of anilines is 2. The second-order valence-corrected chi connectivity index (χ2v) is 16.4. The molecule has 302 valence electrons. The quantitative estimate of drug-likeness (QED) is 0.0683. The number of nitrogens with one attached hydrogen (secondary N) is 1. The number of carbonyl (C=O) groups excluding carboxylic acids is 2. The molecule has 0 unspecified atom stereocenters. The SMILES string of the molecule is C[N+]1=C(/C=C/C=C/C=C/C=C2/N(CCCCCC(=O)NCCC(=O)N3Cc4ccccc4C#Cc4ccccc43)c3ccccc3C2(C)C)C(C)(C)c2ccccc21.[Cl-]. The third kappa shape index (κ3) is 9.22. The Kier molecular flexibility index (Phi) is 13.6. The van der Waals surface area contributed by atoms with E-state index in [4.69, 9.17) is 0 Å². The zero-order valence-corrected chi connectivity index (χ0v) is 35.7. The summed E-state index contributed by atoms with van der Waals surface area (Å²) in [7, 11) is 2.15. The summed E-state index contributed by atoms with van der Waals surface area (Å²) in [4.78, 5) is 30.6. The third-order valence-corrected chi connectivity index (χ3v) is 11.8. The molecule has 4 aromatic carbocycles. The molecule has 0 aromatic heterocycles. The zero-order valence-electron chi connectivity index (χ0n) is 35.0. The number of para-hydroxylation sites is 3. The molecule has 3 heterocycles. The predicted octanol–water partition coefficient (Wildman–Crippen LogP) is 7.06. The second kappa shape index (κ2) is 18.8. The van der Waals surface area contributed by atoms with Crippen LogP contribution in [0.3, 0.4) is 0 Å². The number of unbranched alkanes of at least 4 members (excludes halogenated alkanes) is 2. The van der Waals surface area contributed by atoms with E-state index >= 15 is 0 Å². The van der Waals surface area contributed by atoms with Crippen LogP contribution < -0.4 is 27.5 Å². The fourth-order valence-electron chi connectivity index (χ4n) is 8.64. The van der Waals surface area contributed by atoms with Gasteiger partial charge in [-0.2, -0.15) is 4.58 Å². The molecule has 2 amide bonds. The van der Waals surface area contributed by atoms with Gasteiger partial charge in [0, 0.05) is 71.6 Å². The van der Waals surface area contributed by atoms with E-state index in [0.29, 0.717) is 19.5 Å².